The zero-order valence-corrected chi connectivity index (χ0v) is 7.22. The molecule has 11 heavy (non-hydrogen) atoms. The third kappa shape index (κ3) is 4.53. The predicted octanol–water partition coefficient (Wildman–Crippen LogP) is 1.16. The van der Waals surface area contributed by atoms with Gasteiger partial charge in [0, 0.05) is 12.3 Å². The van der Waals surface area contributed by atoms with Gasteiger partial charge in [-0.3, -0.25) is 9.59 Å². The van der Waals surface area contributed by atoms with Gasteiger partial charge in [0.2, 0.25) is 0 Å². The normalized spacial score (nSPS) is 12.3. The molecular weight excluding hydrogens is 144 g/mol. The van der Waals surface area contributed by atoms with Crippen molar-refractivity contribution in [3.63, 3.8) is 0 Å². The van der Waals surface area contributed by atoms with Crippen LogP contribution in [0.1, 0.15) is 26.7 Å². The summed E-state index contributed by atoms with van der Waals surface area (Å²) in [5.74, 6) is -0.166. The van der Waals surface area contributed by atoms with Gasteiger partial charge in [0.15, 0.2) is 0 Å². The first-order chi connectivity index (χ1) is 5.07. The number of ether oxygens (including phenoxy) is 1. The van der Waals surface area contributed by atoms with Crippen LogP contribution in [0.5, 0.6) is 0 Å². The van der Waals surface area contributed by atoms with E-state index in [1.54, 1.807) is 0 Å². The van der Waals surface area contributed by atoms with Gasteiger partial charge in [-0.25, -0.2) is 0 Å². The lowest BCUT2D eigenvalue weighted by molar-refractivity contribution is -0.141. The summed E-state index contributed by atoms with van der Waals surface area (Å²) in [5.41, 5.74) is 0. The first-order valence-electron chi connectivity index (χ1n) is 3.65. The Labute approximate surface area is 66.7 Å². The Morgan fingerprint density at radius 2 is 2.00 bits per heavy atom. The Bertz CT molecular complexity index is 151. The highest BCUT2D eigenvalue weighted by atomic mass is 16.5. The van der Waals surface area contributed by atoms with Crippen molar-refractivity contribution in [2.24, 2.45) is 5.92 Å². The maximum atomic E-state index is 10.7. The standard InChI is InChI=1S/C8H14O3/c1-6(7(2)9)4-5-8(10)11-3/h6H,4-5H2,1-3H3/t6-/m1/s1. The lowest BCUT2D eigenvalue weighted by atomic mass is 10.0. The number of rotatable bonds is 4. The topological polar surface area (TPSA) is 43.4 Å². The van der Waals surface area contributed by atoms with Crippen molar-refractivity contribution >= 4 is 11.8 Å². The van der Waals surface area contributed by atoms with Crippen LogP contribution < -0.4 is 0 Å². The highest BCUT2D eigenvalue weighted by molar-refractivity contribution is 5.78. The molecule has 0 aliphatic heterocycles. The van der Waals surface area contributed by atoms with Crippen LogP contribution >= 0.6 is 0 Å². The molecule has 0 heterocycles. The monoisotopic (exact) mass is 158 g/mol. The number of carbonyl (C=O) groups is 2. The molecule has 0 saturated carbocycles. The molecule has 0 aromatic rings. The highest BCUT2D eigenvalue weighted by Crippen LogP contribution is 2.06. The van der Waals surface area contributed by atoms with E-state index in [4.69, 9.17) is 0 Å². The summed E-state index contributed by atoms with van der Waals surface area (Å²) in [6.45, 7) is 3.34. The van der Waals surface area contributed by atoms with Crippen LogP contribution in [0.4, 0.5) is 0 Å². The molecule has 0 spiro atoms. The number of hydrogen-bond acceptors (Lipinski definition) is 3. The summed E-state index contributed by atoms with van der Waals surface area (Å²) in [6, 6.07) is 0. The van der Waals surface area contributed by atoms with Gasteiger partial charge in [0.25, 0.3) is 0 Å². The second kappa shape index (κ2) is 4.88. The molecule has 0 aliphatic carbocycles. The molecule has 64 valence electrons. The van der Waals surface area contributed by atoms with Gasteiger partial charge in [0.05, 0.1) is 7.11 Å². The quantitative estimate of drug-likeness (QED) is 0.577. The maximum Gasteiger partial charge on any atom is 0.305 e. The van der Waals surface area contributed by atoms with E-state index in [-0.39, 0.29) is 17.7 Å². The van der Waals surface area contributed by atoms with Gasteiger partial charge in [-0.1, -0.05) is 6.92 Å². The second-order valence-electron chi connectivity index (χ2n) is 2.63. The number of carbonyl (C=O) groups excluding carboxylic acids is 2. The number of esters is 1. The van der Waals surface area contributed by atoms with Crippen molar-refractivity contribution < 1.29 is 14.3 Å². The third-order valence-electron chi connectivity index (χ3n) is 1.70. The van der Waals surface area contributed by atoms with Crippen molar-refractivity contribution in [1.82, 2.24) is 0 Å². The van der Waals surface area contributed by atoms with Crippen molar-refractivity contribution in [3.05, 3.63) is 0 Å². The average molecular weight is 158 g/mol. The third-order valence-corrected chi connectivity index (χ3v) is 1.70. The molecule has 0 saturated heterocycles. The van der Waals surface area contributed by atoms with Crippen molar-refractivity contribution in [2.45, 2.75) is 26.7 Å². The van der Waals surface area contributed by atoms with Gasteiger partial charge < -0.3 is 4.74 Å². The van der Waals surface area contributed by atoms with E-state index < -0.39 is 0 Å². The summed E-state index contributed by atoms with van der Waals surface area (Å²) >= 11 is 0. The molecule has 0 aromatic heterocycles. The molecule has 0 N–H and O–H groups in total. The van der Waals surface area contributed by atoms with E-state index in [0.717, 1.165) is 0 Å². The summed E-state index contributed by atoms with van der Waals surface area (Å²) < 4.78 is 4.43. The highest BCUT2D eigenvalue weighted by Gasteiger charge is 2.09. The molecule has 0 bridgehead atoms. The van der Waals surface area contributed by atoms with E-state index in [9.17, 15) is 9.59 Å². The minimum absolute atomic E-state index is 0.0332. The second-order valence-corrected chi connectivity index (χ2v) is 2.63. The van der Waals surface area contributed by atoms with Crippen molar-refractivity contribution in [3.8, 4) is 0 Å². The molecule has 3 nitrogen and oxygen atoms in total. The van der Waals surface area contributed by atoms with Gasteiger partial charge in [-0.2, -0.15) is 0 Å². The molecule has 0 rings (SSSR count). The summed E-state index contributed by atoms with van der Waals surface area (Å²) in [5, 5.41) is 0. The zero-order chi connectivity index (χ0) is 8.85. The fourth-order valence-electron chi connectivity index (χ4n) is 0.640. The molecule has 0 aliphatic rings. The van der Waals surface area contributed by atoms with Crippen LogP contribution in [0.25, 0.3) is 0 Å². The Morgan fingerprint density at radius 1 is 1.45 bits per heavy atom. The molecule has 0 unspecified atom stereocenters. The first-order valence-corrected chi connectivity index (χ1v) is 3.65. The van der Waals surface area contributed by atoms with Crippen molar-refractivity contribution in [2.75, 3.05) is 7.11 Å². The lowest BCUT2D eigenvalue weighted by Gasteiger charge is -2.04. The number of Topliss-reactive ketones (excluding diaryl/α,β-unsaturated/α-hetero) is 1. The van der Waals surface area contributed by atoms with Gasteiger partial charge in [-0.05, 0) is 13.3 Å². The maximum absolute atomic E-state index is 10.7. The average Bonchev–Trinajstić information content (AvgIpc) is 1.99. The van der Waals surface area contributed by atoms with E-state index >= 15 is 0 Å². The van der Waals surface area contributed by atoms with E-state index in [1.807, 2.05) is 6.92 Å². The summed E-state index contributed by atoms with van der Waals surface area (Å²) in [6.07, 6.45) is 0.916. The summed E-state index contributed by atoms with van der Waals surface area (Å²) in [4.78, 5) is 21.3. The van der Waals surface area contributed by atoms with Gasteiger partial charge >= 0.3 is 5.97 Å². The van der Waals surface area contributed by atoms with Gasteiger partial charge in [-0.15, -0.1) is 0 Å². The minimum atomic E-state index is -0.252. The Morgan fingerprint density at radius 3 is 2.36 bits per heavy atom. The zero-order valence-electron chi connectivity index (χ0n) is 7.22. The van der Waals surface area contributed by atoms with E-state index in [2.05, 4.69) is 4.74 Å². The molecule has 1 atom stereocenters. The van der Waals surface area contributed by atoms with Crippen molar-refractivity contribution in [1.29, 1.82) is 0 Å². The number of ketones is 1. The van der Waals surface area contributed by atoms with Crippen LogP contribution in [0.2, 0.25) is 0 Å². The molecule has 0 aromatic carbocycles. The predicted molar refractivity (Wildman–Crippen MR) is 41.1 cm³/mol. The number of methoxy groups -OCH3 is 1. The Hall–Kier alpha value is -0.860. The molecular formula is C8H14O3. The fraction of sp³-hybridized carbons (Fsp3) is 0.750. The Kier molecular flexibility index (Phi) is 4.50. The van der Waals surface area contributed by atoms with E-state index in [1.165, 1.54) is 14.0 Å². The molecule has 0 radical (unpaired) electrons. The van der Waals surface area contributed by atoms with Gasteiger partial charge in [0.1, 0.15) is 5.78 Å². The van der Waals surface area contributed by atoms with Crippen LogP contribution in [0.3, 0.4) is 0 Å². The van der Waals surface area contributed by atoms with Crippen LogP contribution in [-0.4, -0.2) is 18.9 Å². The first kappa shape index (κ1) is 10.1. The van der Waals surface area contributed by atoms with Crippen LogP contribution in [-0.2, 0) is 14.3 Å². The van der Waals surface area contributed by atoms with Crippen LogP contribution in [0, 0.1) is 5.92 Å². The molecule has 3 heteroatoms. The SMILES string of the molecule is COC(=O)CC[C@@H](C)C(C)=O. The Balaban J connectivity index is 3.54. The smallest absolute Gasteiger partial charge is 0.305 e. The molecule has 0 fully saturated rings. The minimum Gasteiger partial charge on any atom is -0.469 e. The molecule has 0 amide bonds. The summed E-state index contributed by atoms with van der Waals surface area (Å²) in [7, 11) is 1.35. The van der Waals surface area contributed by atoms with E-state index in [0.29, 0.717) is 12.8 Å². The van der Waals surface area contributed by atoms with Crippen LogP contribution in [0.15, 0.2) is 0 Å². The fourth-order valence-corrected chi connectivity index (χ4v) is 0.640. The lowest BCUT2D eigenvalue weighted by Crippen LogP contribution is -2.09. The number of hydrogen-bond donors (Lipinski definition) is 0. The largest absolute Gasteiger partial charge is 0.469 e.